The van der Waals surface area contributed by atoms with Crippen LogP contribution in [0.3, 0.4) is 0 Å². The van der Waals surface area contributed by atoms with E-state index in [0.29, 0.717) is 0 Å². The van der Waals surface area contributed by atoms with E-state index in [1.165, 1.54) is 18.2 Å². The first-order valence-electron chi connectivity index (χ1n) is 13.4. The lowest BCUT2D eigenvalue weighted by Gasteiger charge is -2.41. The molecule has 1 fully saturated rings. The summed E-state index contributed by atoms with van der Waals surface area (Å²) in [5, 5.41) is 0. The van der Waals surface area contributed by atoms with Crippen LogP contribution in [0.25, 0.3) is 0 Å². The third-order valence-corrected chi connectivity index (χ3v) is 14.1. The van der Waals surface area contributed by atoms with E-state index in [1.807, 2.05) is 0 Å². The molecule has 9 nitrogen and oxygen atoms in total. The second kappa shape index (κ2) is 11.1. The molecule has 10 heteroatoms. The van der Waals surface area contributed by atoms with Crippen molar-refractivity contribution in [3.05, 3.63) is 47.0 Å². The summed E-state index contributed by atoms with van der Waals surface area (Å²) < 4.78 is 16.6. The van der Waals surface area contributed by atoms with Crippen molar-refractivity contribution >= 4 is 38.0 Å². The van der Waals surface area contributed by atoms with Crippen molar-refractivity contribution < 1.29 is 37.9 Å². The molecule has 1 heterocycles. The predicted molar refractivity (Wildman–Crippen MR) is 146 cm³/mol. The minimum absolute atomic E-state index is 0.0252. The Kier molecular flexibility index (Phi) is 8.59. The van der Waals surface area contributed by atoms with Gasteiger partial charge in [-0.3, -0.25) is 19.3 Å². The van der Waals surface area contributed by atoms with Crippen LogP contribution < -0.4 is 0 Å². The molecule has 0 saturated heterocycles. The Morgan fingerprint density at radius 3 is 1.87 bits per heavy atom. The molecule has 0 N–H and O–H groups in total. The van der Waals surface area contributed by atoms with Crippen LogP contribution in [0.2, 0.25) is 16.6 Å². The molecule has 39 heavy (non-hydrogen) atoms. The van der Waals surface area contributed by atoms with E-state index in [9.17, 15) is 24.0 Å². The van der Waals surface area contributed by atoms with Gasteiger partial charge in [0.15, 0.2) is 5.54 Å². The van der Waals surface area contributed by atoms with Crippen molar-refractivity contribution in [2.24, 2.45) is 11.8 Å². The number of nitrogens with zero attached hydrogens (tertiary/aromatic N) is 1. The zero-order valence-corrected chi connectivity index (χ0v) is 25.2. The molecule has 0 bridgehead atoms. The number of imide groups is 1. The molecular formula is C29H39NO8Si. The largest absolute Gasteiger partial charge is 0.515 e. The zero-order valence-electron chi connectivity index (χ0n) is 24.2. The molecule has 0 radical (unpaired) electrons. The maximum absolute atomic E-state index is 13.5. The van der Waals surface area contributed by atoms with Gasteiger partial charge in [-0.2, -0.15) is 0 Å². The summed E-state index contributed by atoms with van der Waals surface area (Å²) in [6, 6.07) is 6.20. The van der Waals surface area contributed by atoms with E-state index in [1.54, 1.807) is 26.0 Å². The number of fused-ring (bicyclic) bond motifs is 1. The number of hydrogen-bond acceptors (Lipinski definition) is 8. The van der Waals surface area contributed by atoms with Gasteiger partial charge in [0, 0.05) is 11.5 Å². The molecule has 1 aromatic carbocycles. The summed E-state index contributed by atoms with van der Waals surface area (Å²) in [7, 11) is -1.46. The van der Waals surface area contributed by atoms with Crippen LogP contribution in [0.1, 0.15) is 76.1 Å². The molecule has 1 saturated carbocycles. The van der Waals surface area contributed by atoms with E-state index in [2.05, 4.69) is 41.5 Å². The topological polar surface area (TPSA) is 116 Å². The van der Waals surface area contributed by atoms with Gasteiger partial charge in [-0.1, -0.05) is 59.8 Å². The first-order valence-corrected chi connectivity index (χ1v) is 15.5. The average molecular weight is 558 g/mol. The molecule has 212 valence electrons. The summed E-state index contributed by atoms with van der Waals surface area (Å²) in [6.07, 6.45) is 1.45. The van der Waals surface area contributed by atoms with Gasteiger partial charge < -0.3 is 13.9 Å². The Bertz CT molecular complexity index is 1160. The van der Waals surface area contributed by atoms with Gasteiger partial charge in [0.25, 0.3) is 20.1 Å². The first kappa shape index (κ1) is 30.3. The van der Waals surface area contributed by atoms with Crippen LogP contribution in [0.15, 0.2) is 35.9 Å². The summed E-state index contributed by atoms with van der Waals surface area (Å²) in [6.45, 7) is 15.5. The fourth-order valence-corrected chi connectivity index (χ4v) is 11.6. The highest BCUT2D eigenvalue weighted by Crippen LogP contribution is 2.59. The minimum atomic E-state index is -2.58. The third-order valence-electron chi connectivity index (χ3n) is 8.18. The highest BCUT2D eigenvalue weighted by atomic mass is 28.4. The number of carbonyl (C=O) groups is 5. The molecule has 0 unspecified atom stereocenters. The molecule has 0 spiro atoms. The van der Waals surface area contributed by atoms with Crippen LogP contribution in [0.4, 0.5) is 0 Å². The highest BCUT2D eigenvalue weighted by Gasteiger charge is 2.80. The van der Waals surface area contributed by atoms with Crippen LogP contribution in [0, 0.1) is 11.8 Å². The number of benzene rings is 1. The Morgan fingerprint density at radius 2 is 1.46 bits per heavy atom. The maximum atomic E-state index is 13.5. The Balaban J connectivity index is 2.10. The number of hydrogen-bond donors (Lipinski definition) is 0. The summed E-state index contributed by atoms with van der Waals surface area (Å²) in [4.78, 5) is 67.7. The van der Waals surface area contributed by atoms with Gasteiger partial charge in [-0.25, -0.2) is 9.59 Å². The normalized spacial score (nSPS) is 22.9. The van der Waals surface area contributed by atoms with Gasteiger partial charge in [0.1, 0.15) is 5.92 Å². The number of rotatable bonds is 10. The van der Waals surface area contributed by atoms with E-state index in [4.69, 9.17) is 13.9 Å². The Morgan fingerprint density at radius 1 is 0.974 bits per heavy atom. The van der Waals surface area contributed by atoms with Crippen molar-refractivity contribution in [1.82, 2.24) is 4.90 Å². The smallest absolute Gasteiger partial charge is 0.333 e. The average Bonchev–Trinajstić information content (AvgIpc) is 3.45. The minimum Gasteiger partial charge on any atom is -0.515 e. The second-order valence-electron chi connectivity index (χ2n) is 11.1. The first-order chi connectivity index (χ1) is 18.2. The number of esters is 2. The summed E-state index contributed by atoms with van der Waals surface area (Å²) >= 11 is 0. The van der Waals surface area contributed by atoms with Crippen molar-refractivity contribution in [3.8, 4) is 0 Å². The molecule has 0 aromatic heterocycles. The highest BCUT2D eigenvalue weighted by molar-refractivity contribution is 6.79. The Hall–Kier alpha value is -3.27. The zero-order chi connectivity index (χ0) is 29.4. The van der Waals surface area contributed by atoms with Gasteiger partial charge in [0.05, 0.1) is 24.8 Å². The van der Waals surface area contributed by atoms with Crippen LogP contribution >= 0.6 is 0 Å². The maximum Gasteiger partial charge on any atom is 0.333 e. The van der Waals surface area contributed by atoms with E-state index in [0.717, 1.165) is 12.0 Å². The van der Waals surface area contributed by atoms with Crippen molar-refractivity contribution in [3.63, 3.8) is 0 Å². The molecule has 1 aromatic rings. The molecule has 3 atom stereocenters. The van der Waals surface area contributed by atoms with Crippen LogP contribution in [-0.4, -0.2) is 62.2 Å². The molecule has 2 amide bonds. The molecule has 2 aliphatic rings. The van der Waals surface area contributed by atoms with E-state index >= 15 is 0 Å². The SMILES string of the molecule is CCOC(=O)[C@H]1[C@H](/C=C(/C)C(=O)O[Si](C(C)C)(C(C)C)C(C)C)[C@@]1(C(=O)OC)N1C(=O)c2ccccc2C1=O. The van der Waals surface area contributed by atoms with Crippen LogP contribution in [-0.2, 0) is 28.3 Å². The lowest BCUT2D eigenvalue weighted by Crippen LogP contribution is -2.51. The summed E-state index contributed by atoms with van der Waals surface area (Å²) in [5.41, 5.74) is -1.12. The van der Waals surface area contributed by atoms with Gasteiger partial charge in [-0.15, -0.1) is 0 Å². The molecule has 1 aliphatic carbocycles. The Labute approximate surface area is 231 Å². The number of amides is 2. The lowest BCUT2D eigenvalue weighted by molar-refractivity contribution is -0.153. The second-order valence-corrected chi connectivity index (χ2v) is 16.5. The van der Waals surface area contributed by atoms with Crippen LogP contribution in [0.5, 0.6) is 0 Å². The monoisotopic (exact) mass is 557 g/mol. The fourth-order valence-electron chi connectivity index (χ4n) is 6.45. The van der Waals surface area contributed by atoms with E-state index in [-0.39, 0.29) is 39.9 Å². The van der Waals surface area contributed by atoms with Gasteiger partial charge in [0.2, 0.25) is 0 Å². The molecule has 1 aliphatic heterocycles. The molecule has 3 rings (SSSR count). The number of methoxy groups -OCH3 is 1. The standard InChI is InChI=1S/C29H39NO8Si/c1-10-37-27(34)23-22(15-19(8)26(33)38-39(16(2)3,17(4)5)18(6)7)29(23,28(35)36-9)30-24(31)20-13-11-12-14-21(20)25(30)32/h11-18,22-23H,10H2,1-9H3/b19-15-/t22-,23+,29+/m0/s1. The van der Waals surface area contributed by atoms with Gasteiger partial charge >= 0.3 is 17.9 Å². The quantitative estimate of drug-likeness (QED) is 0.176. The molecular weight excluding hydrogens is 518 g/mol. The van der Waals surface area contributed by atoms with Gasteiger partial charge in [-0.05, 0) is 42.6 Å². The van der Waals surface area contributed by atoms with E-state index < -0.39 is 55.4 Å². The third kappa shape index (κ3) is 4.62. The summed E-state index contributed by atoms with van der Waals surface area (Å²) in [5.74, 6) is -5.95. The van der Waals surface area contributed by atoms with Crippen molar-refractivity contribution in [1.29, 1.82) is 0 Å². The fraction of sp³-hybridized carbons (Fsp3) is 0.552. The lowest BCUT2D eigenvalue weighted by atomic mass is 10.1. The van der Waals surface area contributed by atoms with Crippen molar-refractivity contribution in [2.75, 3.05) is 13.7 Å². The predicted octanol–water partition coefficient (Wildman–Crippen LogP) is 4.67. The number of ether oxygens (including phenoxy) is 2. The van der Waals surface area contributed by atoms with Crippen molar-refractivity contribution in [2.45, 2.75) is 77.6 Å². The number of carbonyl (C=O) groups excluding carboxylic acids is 5.